The van der Waals surface area contributed by atoms with E-state index in [1.807, 2.05) is 12.3 Å². The van der Waals surface area contributed by atoms with Gasteiger partial charge in [-0.25, -0.2) is 4.98 Å². The summed E-state index contributed by atoms with van der Waals surface area (Å²) in [6.45, 7) is 2.06. The number of thiazole rings is 1. The number of hydrogen-bond donors (Lipinski definition) is 2. The number of carbonyl (C=O) groups excluding carboxylic acids is 1. The van der Waals surface area contributed by atoms with Gasteiger partial charge in [-0.2, -0.15) is 0 Å². The number of carboxylic acid groups (broad SMARTS) is 1. The van der Waals surface area contributed by atoms with Crippen LogP contribution in [0.4, 0.5) is 0 Å². The van der Waals surface area contributed by atoms with E-state index in [4.69, 9.17) is 9.84 Å². The number of hydrogen-bond acceptors (Lipinski definition) is 5. The molecular formula is C11H16N2O4S. The van der Waals surface area contributed by atoms with Crippen molar-refractivity contribution in [2.24, 2.45) is 0 Å². The zero-order valence-corrected chi connectivity index (χ0v) is 11.1. The summed E-state index contributed by atoms with van der Waals surface area (Å²) in [5.74, 6) is -1.14. The van der Waals surface area contributed by atoms with Crippen LogP contribution in [0.2, 0.25) is 0 Å². The van der Waals surface area contributed by atoms with Gasteiger partial charge in [-0.3, -0.25) is 9.59 Å². The third-order valence-corrected chi connectivity index (χ3v) is 3.09. The molecule has 0 aliphatic carbocycles. The summed E-state index contributed by atoms with van der Waals surface area (Å²) in [5.41, 5.74) is 0.724. The van der Waals surface area contributed by atoms with Gasteiger partial charge in [0.05, 0.1) is 29.6 Å². The number of methoxy groups -OCH3 is 1. The summed E-state index contributed by atoms with van der Waals surface area (Å²) in [7, 11) is 1.42. The van der Waals surface area contributed by atoms with Crippen LogP contribution < -0.4 is 5.32 Å². The van der Waals surface area contributed by atoms with Crippen LogP contribution in [0.25, 0.3) is 0 Å². The first-order valence-electron chi connectivity index (χ1n) is 5.43. The lowest BCUT2D eigenvalue weighted by atomic mass is 10.2. The number of amides is 1. The SMILES string of the molecule is COC(CNC(=O)Cc1csc(C)n1)CC(=O)O. The van der Waals surface area contributed by atoms with Gasteiger partial charge in [-0.1, -0.05) is 0 Å². The number of aliphatic carboxylic acids is 1. The van der Waals surface area contributed by atoms with E-state index in [-0.39, 0.29) is 25.3 Å². The molecule has 18 heavy (non-hydrogen) atoms. The van der Waals surface area contributed by atoms with Gasteiger partial charge in [0.15, 0.2) is 0 Å². The lowest BCUT2D eigenvalue weighted by Gasteiger charge is -2.13. The van der Waals surface area contributed by atoms with Crippen LogP contribution in [0.15, 0.2) is 5.38 Å². The third kappa shape index (κ3) is 5.24. The molecule has 0 aliphatic rings. The zero-order chi connectivity index (χ0) is 13.5. The van der Waals surface area contributed by atoms with Gasteiger partial charge in [-0.15, -0.1) is 11.3 Å². The molecule has 1 heterocycles. The highest BCUT2D eigenvalue weighted by Gasteiger charge is 2.14. The second kappa shape index (κ2) is 7.07. The van der Waals surface area contributed by atoms with Crippen molar-refractivity contribution in [2.75, 3.05) is 13.7 Å². The highest BCUT2D eigenvalue weighted by Crippen LogP contribution is 2.08. The van der Waals surface area contributed by atoms with E-state index in [1.165, 1.54) is 18.4 Å². The first-order valence-corrected chi connectivity index (χ1v) is 6.31. The molecular weight excluding hydrogens is 256 g/mol. The molecule has 7 heteroatoms. The van der Waals surface area contributed by atoms with E-state index in [0.29, 0.717) is 0 Å². The van der Waals surface area contributed by atoms with E-state index in [2.05, 4.69) is 10.3 Å². The standard InChI is InChI=1S/C11H16N2O4S/c1-7-13-8(6-18-7)3-10(14)12-5-9(17-2)4-11(15)16/h6,9H,3-5H2,1-2H3,(H,12,14)(H,15,16). The fraction of sp³-hybridized carbons (Fsp3) is 0.545. The summed E-state index contributed by atoms with van der Waals surface area (Å²) < 4.78 is 4.96. The van der Waals surface area contributed by atoms with Crippen molar-refractivity contribution in [2.45, 2.75) is 25.9 Å². The third-order valence-electron chi connectivity index (χ3n) is 2.27. The Morgan fingerprint density at radius 1 is 1.61 bits per heavy atom. The average molecular weight is 272 g/mol. The number of aromatic nitrogens is 1. The molecule has 1 unspecified atom stereocenters. The molecule has 1 atom stereocenters. The minimum absolute atomic E-state index is 0.132. The summed E-state index contributed by atoms with van der Waals surface area (Å²) in [5, 5.41) is 14.0. The largest absolute Gasteiger partial charge is 0.481 e. The van der Waals surface area contributed by atoms with Gasteiger partial charge in [-0.05, 0) is 6.92 Å². The fourth-order valence-electron chi connectivity index (χ4n) is 1.38. The Labute approximate surface area is 109 Å². The lowest BCUT2D eigenvalue weighted by molar-refractivity contribution is -0.140. The summed E-state index contributed by atoms with van der Waals surface area (Å²) in [6.07, 6.45) is -0.441. The Hall–Kier alpha value is -1.47. The van der Waals surface area contributed by atoms with Crippen molar-refractivity contribution in [3.05, 3.63) is 16.1 Å². The Bertz CT molecular complexity index is 419. The Kier molecular flexibility index (Phi) is 5.73. The summed E-state index contributed by atoms with van der Waals surface area (Å²) >= 11 is 1.49. The van der Waals surface area contributed by atoms with Crippen LogP contribution in [0.5, 0.6) is 0 Å². The second-order valence-electron chi connectivity index (χ2n) is 3.79. The van der Waals surface area contributed by atoms with Gasteiger partial charge in [0, 0.05) is 19.0 Å². The Morgan fingerprint density at radius 3 is 2.83 bits per heavy atom. The predicted molar refractivity (Wildman–Crippen MR) is 66.6 cm³/mol. The van der Waals surface area contributed by atoms with Crippen molar-refractivity contribution >= 4 is 23.2 Å². The molecule has 0 aromatic carbocycles. The summed E-state index contributed by atoms with van der Waals surface area (Å²) in [4.78, 5) is 26.3. The maximum absolute atomic E-state index is 11.6. The minimum Gasteiger partial charge on any atom is -0.481 e. The molecule has 0 saturated carbocycles. The highest BCUT2D eigenvalue weighted by atomic mass is 32.1. The van der Waals surface area contributed by atoms with Gasteiger partial charge in [0.2, 0.25) is 5.91 Å². The van der Waals surface area contributed by atoms with Crippen LogP contribution in [-0.2, 0) is 20.7 Å². The van der Waals surface area contributed by atoms with Crippen LogP contribution >= 0.6 is 11.3 Å². The van der Waals surface area contributed by atoms with Crippen molar-refractivity contribution in [1.82, 2.24) is 10.3 Å². The van der Waals surface area contributed by atoms with E-state index >= 15 is 0 Å². The quantitative estimate of drug-likeness (QED) is 0.759. The first-order chi connectivity index (χ1) is 8.51. The highest BCUT2D eigenvalue weighted by molar-refractivity contribution is 7.09. The lowest BCUT2D eigenvalue weighted by Crippen LogP contribution is -2.35. The topological polar surface area (TPSA) is 88.5 Å². The van der Waals surface area contributed by atoms with Crippen molar-refractivity contribution in [1.29, 1.82) is 0 Å². The minimum atomic E-state index is -0.953. The number of nitrogens with zero attached hydrogens (tertiary/aromatic N) is 1. The van der Waals surface area contributed by atoms with Crippen LogP contribution in [0.1, 0.15) is 17.1 Å². The van der Waals surface area contributed by atoms with Crippen LogP contribution in [-0.4, -0.2) is 41.7 Å². The van der Waals surface area contributed by atoms with E-state index in [9.17, 15) is 9.59 Å². The molecule has 1 amide bonds. The fourth-order valence-corrected chi connectivity index (χ4v) is 1.99. The maximum Gasteiger partial charge on any atom is 0.306 e. The number of aryl methyl sites for hydroxylation is 1. The van der Waals surface area contributed by atoms with Gasteiger partial charge >= 0.3 is 5.97 Å². The van der Waals surface area contributed by atoms with E-state index in [1.54, 1.807) is 0 Å². The molecule has 0 bridgehead atoms. The normalized spacial score (nSPS) is 12.1. The molecule has 1 aromatic heterocycles. The first kappa shape index (κ1) is 14.6. The molecule has 0 spiro atoms. The van der Waals surface area contributed by atoms with Crippen LogP contribution in [0.3, 0.4) is 0 Å². The number of nitrogens with one attached hydrogen (secondary N) is 1. The molecule has 0 radical (unpaired) electrons. The van der Waals surface area contributed by atoms with E-state index < -0.39 is 12.1 Å². The van der Waals surface area contributed by atoms with Gasteiger partial charge < -0.3 is 15.2 Å². The predicted octanol–water partition coefficient (Wildman–Crippen LogP) is 0.600. The molecule has 1 aromatic rings. The second-order valence-corrected chi connectivity index (χ2v) is 4.86. The van der Waals surface area contributed by atoms with Gasteiger partial charge in [0.1, 0.15) is 0 Å². The van der Waals surface area contributed by atoms with Crippen molar-refractivity contribution in [3.63, 3.8) is 0 Å². The zero-order valence-electron chi connectivity index (χ0n) is 10.3. The van der Waals surface area contributed by atoms with Crippen LogP contribution in [0, 0.1) is 6.92 Å². The molecule has 6 nitrogen and oxygen atoms in total. The van der Waals surface area contributed by atoms with Gasteiger partial charge in [0.25, 0.3) is 0 Å². The number of ether oxygens (including phenoxy) is 1. The molecule has 2 N–H and O–H groups in total. The maximum atomic E-state index is 11.6. The van der Waals surface area contributed by atoms with E-state index in [0.717, 1.165) is 10.7 Å². The number of carboxylic acids is 1. The Balaban J connectivity index is 2.33. The molecule has 100 valence electrons. The summed E-state index contributed by atoms with van der Waals surface area (Å²) in [6, 6.07) is 0. The van der Waals surface area contributed by atoms with Crippen molar-refractivity contribution < 1.29 is 19.4 Å². The smallest absolute Gasteiger partial charge is 0.306 e. The van der Waals surface area contributed by atoms with Crippen molar-refractivity contribution in [3.8, 4) is 0 Å². The molecule has 0 fully saturated rings. The Morgan fingerprint density at radius 2 is 2.33 bits per heavy atom. The average Bonchev–Trinajstić information content (AvgIpc) is 2.69. The molecule has 1 rings (SSSR count). The molecule has 0 saturated heterocycles. The molecule has 0 aliphatic heterocycles. The number of carbonyl (C=O) groups is 2. The number of rotatable bonds is 7. The monoisotopic (exact) mass is 272 g/mol.